The van der Waals surface area contributed by atoms with E-state index in [1.165, 1.54) is 57.1 Å². The number of hydrogen-bond donors (Lipinski definition) is 0. The van der Waals surface area contributed by atoms with E-state index in [0.29, 0.717) is 5.25 Å². The predicted molar refractivity (Wildman–Crippen MR) is 75.3 cm³/mol. The first-order valence-electron chi connectivity index (χ1n) is 6.48. The maximum atomic E-state index is 5.74. The Morgan fingerprint density at radius 3 is 2.00 bits per heavy atom. The van der Waals surface area contributed by atoms with Crippen molar-refractivity contribution in [2.24, 2.45) is 0 Å². The minimum Gasteiger partial charge on any atom is -0.158 e. The first-order valence-corrected chi connectivity index (χ1v) is 8.07. The van der Waals surface area contributed by atoms with E-state index in [-0.39, 0.29) is 0 Å². The van der Waals surface area contributed by atoms with Gasteiger partial charge >= 0.3 is 0 Å². The van der Waals surface area contributed by atoms with Gasteiger partial charge in [0.15, 0.2) is 0 Å². The van der Waals surface area contributed by atoms with Crippen LogP contribution in [0.1, 0.15) is 65.2 Å². The Morgan fingerprint density at radius 2 is 1.47 bits per heavy atom. The molecule has 92 valence electrons. The normalized spacial score (nSPS) is 13.0. The third-order valence-electron chi connectivity index (χ3n) is 2.62. The van der Waals surface area contributed by atoms with E-state index in [9.17, 15) is 0 Å². The van der Waals surface area contributed by atoms with E-state index in [1.807, 2.05) is 11.8 Å². The summed E-state index contributed by atoms with van der Waals surface area (Å²) in [5.74, 6) is 2.09. The van der Waals surface area contributed by atoms with Gasteiger partial charge in [-0.15, -0.1) is 11.6 Å². The molecule has 2 heteroatoms. The van der Waals surface area contributed by atoms with Gasteiger partial charge in [0.05, 0.1) is 0 Å². The molecular weight excluding hydrogens is 224 g/mol. The van der Waals surface area contributed by atoms with Crippen LogP contribution in [0.25, 0.3) is 0 Å². The van der Waals surface area contributed by atoms with Crippen LogP contribution in [0.15, 0.2) is 0 Å². The van der Waals surface area contributed by atoms with Gasteiger partial charge in [0.1, 0.15) is 0 Å². The number of halogens is 1. The number of unbranched alkanes of at least 4 members (excludes halogenated alkanes) is 7. The maximum absolute atomic E-state index is 5.74. The summed E-state index contributed by atoms with van der Waals surface area (Å²) in [5.41, 5.74) is 0. The monoisotopic (exact) mass is 250 g/mol. The van der Waals surface area contributed by atoms with E-state index in [1.54, 1.807) is 0 Å². The first-order chi connectivity index (χ1) is 7.31. The van der Waals surface area contributed by atoms with Crippen molar-refractivity contribution in [2.75, 3.05) is 11.6 Å². The van der Waals surface area contributed by atoms with Gasteiger partial charge in [-0.05, 0) is 12.2 Å². The molecule has 0 saturated heterocycles. The topological polar surface area (TPSA) is 0 Å². The number of thioether (sulfide) groups is 1. The van der Waals surface area contributed by atoms with Gasteiger partial charge in [-0.25, -0.2) is 0 Å². The van der Waals surface area contributed by atoms with Gasteiger partial charge in [-0.2, -0.15) is 11.8 Å². The zero-order valence-corrected chi connectivity index (χ0v) is 12.0. The van der Waals surface area contributed by atoms with Gasteiger partial charge in [0.2, 0.25) is 0 Å². The number of rotatable bonds is 11. The molecule has 0 saturated carbocycles. The van der Waals surface area contributed by atoms with Crippen LogP contribution < -0.4 is 0 Å². The summed E-state index contributed by atoms with van der Waals surface area (Å²) in [6.07, 6.45) is 11.3. The van der Waals surface area contributed by atoms with Crippen molar-refractivity contribution in [3.63, 3.8) is 0 Å². The molecule has 0 nitrogen and oxygen atoms in total. The van der Waals surface area contributed by atoms with Crippen molar-refractivity contribution >= 4 is 23.4 Å². The highest BCUT2D eigenvalue weighted by Crippen LogP contribution is 2.15. The zero-order valence-electron chi connectivity index (χ0n) is 10.4. The molecule has 0 aromatic heterocycles. The summed E-state index contributed by atoms with van der Waals surface area (Å²) in [5, 5.41) is 0.635. The smallest absolute Gasteiger partial charge is 0.0339 e. The molecule has 0 bridgehead atoms. The summed E-state index contributed by atoms with van der Waals surface area (Å²) in [6, 6.07) is 0. The SMILES string of the molecule is CCCCCCCCCCSC(C)CCl. The zero-order chi connectivity index (χ0) is 11.4. The highest BCUT2D eigenvalue weighted by atomic mass is 35.5. The summed E-state index contributed by atoms with van der Waals surface area (Å²) >= 11 is 7.76. The van der Waals surface area contributed by atoms with Gasteiger partial charge in [-0.1, -0.05) is 58.8 Å². The molecule has 0 aliphatic carbocycles. The van der Waals surface area contributed by atoms with Gasteiger partial charge in [0, 0.05) is 11.1 Å². The molecule has 0 aliphatic rings. The lowest BCUT2D eigenvalue weighted by Gasteiger charge is -2.06. The Balaban J connectivity index is 2.92. The van der Waals surface area contributed by atoms with Crippen molar-refractivity contribution in [1.82, 2.24) is 0 Å². The lowest BCUT2D eigenvalue weighted by Crippen LogP contribution is -1.98. The quantitative estimate of drug-likeness (QED) is 0.345. The Kier molecular flexibility index (Phi) is 13.3. The van der Waals surface area contributed by atoms with Gasteiger partial charge in [0.25, 0.3) is 0 Å². The molecule has 0 heterocycles. The fourth-order valence-corrected chi connectivity index (χ4v) is 2.69. The molecule has 0 spiro atoms. The molecule has 0 N–H and O–H groups in total. The molecule has 0 aliphatic heterocycles. The molecule has 1 unspecified atom stereocenters. The average molecular weight is 251 g/mol. The Hall–Kier alpha value is 0.640. The average Bonchev–Trinajstić information content (AvgIpc) is 2.26. The fraction of sp³-hybridized carbons (Fsp3) is 1.00. The molecule has 0 amide bonds. The van der Waals surface area contributed by atoms with Crippen LogP contribution in [0.3, 0.4) is 0 Å². The van der Waals surface area contributed by atoms with E-state index in [0.717, 1.165) is 5.88 Å². The van der Waals surface area contributed by atoms with Crippen LogP contribution in [-0.2, 0) is 0 Å². The Bertz CT molecular complexity index is 117. The lowest BCUT2D eigenvalue weighted by molar-refractivity contribution is 0.586. The summed E-state index contributed by atoms with van der Waals surface area (Å²) in [4.78, 5) is 0. The third kappa shape index (κ3) is 12.6. The standard InChI is InChI=1S/C13H27ClS/c1-3-4-5-6-7-8-9-10-11-15-13(2)12-14/h13H,3-12H2,1-2H3. The van der Waals surface area contributed by atoms with Crippen molar-refractivity contribution in [2.45, 2.75) is 70.5 Å². The van der Waals surface area contributed by atoms with E-state index < -0.39 is 0 Å². The second-order valence-corrected chi connectivity index (χ2v) is 6.17. The summed E-state index contributed by atoms with van der Waals surface area (Å²) < 4.78 is 0. The number of hydrogen-bond acceptors (Lipinski definition) is 1. The second kappa shape index (κ2) is 12.7. The Morgan fingerprint density at radius 1 is 0.933 bits per heavy atom. The van der Waals surface area contributed by atoms with Crippen molar-refractivity contribution in [1.29, 1.82) is 0 Å². The van der Waals surface area contributed by atoms with Crippen LogP contribution in [0.4, 0.5) is 0 Å². The molecule has 0 fully saturated rings. The van der Waals surface area contributed by atoms with Crippen molar-refractivity contribution in [3.05, 3.63) is 0 Å². The van der Waals surface area contributed by atoms with E-state index in [2.05, 4.69) is 13.8 Å². The lowest BCUT2D eigenvalue weighted by atomic mass is 10.1. The minimum absolute atomic E-state index is 0.635. The molecule has 1 atom stereocenters. The molecule has 15 heavy (non-hydrogen) atoms. The molecule has 0 aromatic carbocycles. The van der Waals surface area contributed by atoms with Gasteiger partial charge < -0.3 is 0 Å². The van der Waals surface area contributed by atoms with Crippen LogP contribution in [0.5, 0.6) is 0 Å². The summed E-state index contributed by atoms with van der Waals surface area (Å²) in [7, 11) is 0. The van der Waals surface area contributed by atoms with Gasteiger partial charge in [-0.3, -0.25) is 0 Å². The van der Waals surface area contributed by atoms with E-state index >= 15 is 0 Å². The second-order valence-electron chi connectivity index (χ2n) is 4.31. The van der Waals surface area contributed by atoms with Crippen LogP contribution in [0.2, 0.25) is 0 Å². The molecule has 0 aromatic rings. The predicted octanol–water partition coefficient (Wildman–Crippen LogP) is 5.49. The van der Waals surface area contributed by atoms with Crippen LogP contribution in [-0.4, -0.2) is 16.9 Å². The van der Waals surface area contributed by atoms with Crippen molar-refractivity contribution < 1.29 is 0 Å². The first kappa shape index (κ1) is 15.6. The molecule has 0 radical (unpaired) electrons. The third-order valence-corrected chi connectivity index (χ3v) is 4.52. The molecular formula is C13H27ClS. The van der Waals surface area contributed by atoms with Crippen LogP contribution in [0, 0.1) is 0 Å². The van der Waals surface area contributed by atoms with Crippen LogP contribution >= 0.6 is 23.4 Å². The highest BCUT2D eigenvalue weighted by Gasteiger charge is 1.99. The van der Waals surface area contributed by atoms with Crippen molar-refractivity contribution in [3.8, 4) is 0 Å². The Labute approximate surface area is 106 Å². The fourth-order valence-electron chi connectivity index (χ4n) is 1.57. The highest BCUT2D eigenvalue weighted by molar-refractivity contribution is 7.99. The van der Waals surface area contributed by atoms with E-state index in [4.69, 9.17) is 11.6 Å². The minimum atomic E-state index is 0.635. The maximum Gasteiger partial charge on any atom is 0.0339 e. The molecule has 0 rings (SSSR count). The summed E-state index contributed by atoms with van der Waals surface area (Å²) in [6.45, 7) is 4.48. The number of alkyl halides is 1. The largest absolute Gasteiger partial charge is 0.158 e.